The second-order valence-electron chi connectivity index (χ2n) is 6.44. The van der Waals surface area contributed by atoms with Gasteiger partial charge in [-0.2, -0.15) is 4.31 Å². The summed E-state index contributed by atoms with van der Waals surface area (Å²) in [5.74, 6) is 0. The van der Waals surface area contributed by atoms with Gasteiger partial charge in [0.05, 0.1) is 17.4 Å². The third-order valence-electron chi connectivity index (χ3n) is 4.64. The van der Waals surface area contributed by atoms with Gasteiger partial charge in [-0.3, -0.25) is 0 Å². The van der Waals surface area contributed by atoms with Gasteiger partial charge in [-0.1, -0.05) is 17.7 Å². The highest BCUT2D eigenvalue weighted by Crippen LogP contribution is 2.23. The Hall–Kier alpha value is -1.63. The van der Waals surface area contributed by atoms with Gasteiger partial charge in [-0.25, -0.2) is 8.42 Å². The molecule has 130 valence electrons. The lowest BCUT2D eigenvalue weighted by molar-refractivity contribution is 0.277. The zero-order valence-corrected chi connectivity index (χ0v) is 14.9. The van der Waals surface area contributed by atoms with Crippen LogP contribution in [0, 0.1) is 6.92 Å². The monoisotopic (exact) mass is 348 g/mol. The molecule has 0 aliphatic carbocycles. The van der Waals surface area contributed by atoms with Crippen LogP contribution in [-0.4, -0.2) is 31.9 Å². The fourth-order valence-electron chi connectivity index (χ4n) is 3.09. The molecule has 1 fully saturated rings. The summed E-state index contributed by atoms with van der Waals surface area (Å²) in [7, 11) is -3.38. The summed E-state index contributed by atoms with van der Waals surface area (Å²) in [6.45, 7) is 5.15. The highest BCUT2D eigenvalue weighted by atomic mass is 32.2. The molecule has 0 radical (unpaired) electrons. The van der Waals surface area contributed by atoms with Crippen LogP contribution in [0.3, 0.4) is 0 Å². The Labute approximate surface area is 143 Å². The molecule has 0 saturated carbocycles. The van der Waals surface area contributed by atoms with Crippen molar-refractivity contribution >= 4 is 10.0 Å². The van der Waals surface area contributed by atoms with Crippen LogP contribution < -0.4 is 5.32 Å². The number of furan rings is 1. The molecule has 0 amide bonds. The molecular formula is C18H24N2O3S. The van der Waals surface area contributed by atoms with Crippen LogP contribution in [0.25, 0.3) is 0 Å². The molecule has 5 nitrogen and oxygen atoms in total. The molecule has 1 atom stereocenters. The van der Waals surface area contributed by atoms with Gasteiger partial charge < -0.3 is 9.73 Å². The van der Waals surface area contributed by atoms with E-state index in [-0.39, 0.29) is 6.04 Å². The Bertz CT molecular complexity index is 746. The molecular weight excluding hydrogens is 324 g/mol. The summed E-state index contributed by atoms with van der Waals surface area (Å²) < 4.78 is 32.1. The van der Waals surface area contributed by atoms with E-state index in [1.54, 1.807) is 29.0 Å². The third kappa shape index (κ3) is 3.71. The Morgan fingerprint density at radius 2 is 1.83 bits per heavy atom. The first-order chi connectivity index (χ1) is 11.5. The number of piperidine rings is 1. The number of nitrogens with one attached hydrogen (secondary N) is 1. The SMILES string of the molecule is Cc1ccc(S(=O)(=O)N2CCC(N[C@@H](C)c3ccoc3)CC2)cc1. The van der Waals surface area contributed by atoms with Crippen molar-refractivity contribution in [1.82, 2.24) is 9.62 Å². The van der Waals surface area contributed by atoms with Gasteiger partial charge >= 0.3 is 0 Å². The Balaban J connectivity index is 1.59. The molecule has 1 aromatic carbocycles. The summed E-state index contributed by atoms with van der Waals surface area (Å²) in [5, 5.41) is 3.56. The van der Waals surface area contributed by atoms with Crippen LogP contribution in [0.5, 0.6) is 0 Å². The predicted octanol–water partition coefficient (Wildman–Crippen LogP) is 3.09. The summed E-state index contributed by atoms with van der Waals surface area (Å²) in [6, 6.07) is 9.54. The molecule has 2 heterocycles. The standard InChI is InChI=1S/C18H24N2O3S/c1-14-3-5-18(6-4-14)24(21,22)20-10-7-17(8-11-20)19-15(2)16-9-12-23-13-16/h3-6,9,12-13,15,17,19H,7-8,10-11H2,1-2H3/t15-/m0/s1. The Morgan fingerprint density at radius 3 is 2.42 bits per heavy atom. The minimum absolute atomic E-state index is 0.203. The normalized spacial score (nSPS) is 18.6. The van der Waals surface area contributed by atoms with E-state index in [2.05, 4.69) is 12.2 Å². The second-order valence-corrected chi connectivity index (χ2v) is 8.37. The van der Waals surface area contributed by atoms with E-state index < -0.39 is 10.0 Å². The number of sulfonamides is 1. The van der Waals surface area contributed by atoms with E-state index in [4.69, 9.17) is 4.42 Å². The molecule has 1 aliphatic heterocycles. The minimum Gasteiger partial charge on any atom is -0.472 e. The van der Waals surface area contributed by atoms with Crippen molar-refractivity contribution in [2.45, 2.75) is 43.7 Å². The fraction of sp³-hybridized carbons (Fsp3) is 0.444. The van der Waals surface area contributed by atoms with Crippen LogP contribution in [0.1, 0.15) is 36.9 Å². The molecule has 6 heteroatoms. The molecule has 0 unspecified atom stereocenters. The zero-order valence-electron chi connectivity index (χ0n) is 14.1. The number of aryl methyl sites for hydroxylation is 1. The van der Waals surface area contributed by atoms with E-state index in [1.807, 2.05) is 25.1 Å². The lowest BCUT2D eigenvalue weighted by Gasteiger charge is -2.33. The van der Waals surface area contributed by atoms with E-state index in [0.717, 1.165) is 24.0 Å². The van der Waals surface area contributed by atoms with Crippen molar-refractivity contribution in [2.75, 3.05) is 13.1 Å². The molecule has 2 aromatic rings. The average Bonchev–Trinajstić information content (AvgIpc) is 3.10. The van der Waals surface area contributed by atoms with Crippen LogP contribution in [0.15, 0.2) is 52.2 Å². The molecule has 1 aromatic heterocycles. The van der Waals surface area contributed by atoms with E-state index in [9.17, 15) is 8.42 Å². The van der Waals surface area contributed by atoms with Gasteiger partial charge in [-0.05, 0) is 44.9 Å². The van der Waals surface area contributed by atoms with Crippen LogP contribution >= 0.6 is 0 Å². The third-order valence-corrected chi connectivity index (χ3v) is 6.55. The largest absolute Gasteiger partial charge is 0.472 e. The Kier molecular flexibility index (Phi) is 5.08. The molecule has 3 rings (SSSR count). The summed E-state index contributed by atoms with van der Waals surface area (Å²) in [6.07, 6.45) is 5.04. The van der Waals surface area contributed by atoms with Crippen molar-refractivity contribution in [3.8, 4) is 0 Å². The van der Waals surface area contributed by atoms with Gasteiger partial charge in [-0.15, -0.1) is 0 Å². The first-order valence-electron chi connectivity index (χ1n) is 8.32. The van der Waals surface area contributed by atoms with Crippen LogP contribution in [-0.2, 0) is 10.0 Å². The van der Waals surface area contributed by atoms with Gasteiger partial charge in [0.2, 0.25) is 10.0 Å². The molecule has 1 saturated heterocycles. The smallest absolute Gasteiger partial charge is 0.243 e. The molecule has 24 heavy (non-hydrogen) atoms. The topological polar surface area (TPSA) is 62.6 Å². The fourth-order valence-corrected chi connectivity index (χ4v) is 4.56. The van der Waals surface area contributed by atoms with Gasteiger partial charge in [0.1, 0.15) is 0 Å². The maximum absolute atomic E-state index is 12.7. The highest BCUT2D eigenvalue weighted by Gasteiger charge is 2.29. The number of nitrogens with zero attached hydrogens (tertiary/aromatic N) is 1. The first kappa shape index (κ1) is 17.2. The van der Waals surface area contributed by atoms with E-state index in [0.29, 0.717) is 24.0 Å². The number of hydrogen-bond acceptors (Lipinski definition) is 4. The maximum Gasteiger partial charge on any atom is 0.243 e. The summed E-state index contributed by atoms with van der Waals surface area (Å²) in [5.41, 5.74) is 2.18. The molecule has 1 N–H and O–H groups in total. The van der Waals surface area contributed by atoms with Gasteiger partial charge in [0, 0.05) is 30.7 Å². The van der Waals surface area contributed by atoms with Crippen LogP contribution in [0.2, 0.25) is 0 Å². The number of rotatable bonds is 5. The first-order valence-corrected chi connectivity index (χ1v) is 9.76. The zero-order chi connectivity index (χ0) is 17.2. The quantitative estimate of drug-likeness (QED) is 0.902. The maximum atomic E-state index is 12.7. The van der Waals surface area contributed by atoms with Crippen molar-refractivity contribution in [3.63, 3.8) is 0 Å². The van der Waals surface area contributed by atoms with Gasteiger partial charge in [0.25, 0.3) is 0 Å². The van der Waals surface area contributed by atoms with Crippen molar-refractivity contribution in [3.05, 3.63) is 54.0 Å². The highest BCUT2D eigenvalue weighted by molar-refractivity contribution is 7.89. The number of hydrogen-bond donors (Lipinski definition) is 1. The van der Waals surface area contributed by atoms with Crippen molar-refractivity contribution in [2.24, 2.45) is 0 Å². The lowest BCUT2D eigenvalue weighted by Crippen LogP contribution is -2.45. The predicted molar refractivity (Wildman–Crippen MR) is 93.2 cm³/mol. The summed E-state index contributed by atoms with van der Waals surface area (Å²) in [4.78, 5) is 0.381. The Morgan fingerprint density at radius 1 is 1.17 bits per heavy atom. The van der Waals surface area contributed by atoms with E-state index >= 15 is 0 Å². The molecule has 0 bridgehead atoms. The lowest BCUT2D eigenvalue weighted by atomic mass is 10.0. The van der Waals surface area contributed by atoms with Crippen LogP contribution in [0.4, 0.5) is 0 Å². The van der Waals surface area contributed by atoms with Crippen molar-refractivity contribution in [1.29, 1.82) is 0 Å². The average molecular weight is 348 g/mol. The van der Waals surface area contributed by atoms with Crippen molar-refractivity contribution < 1.29 is 12.8 Å². The second kappa shape index (κ2) is 7.09. The molecule has 0 spiro atoms. The van der Waals surface area contributed by atoms with E-state index in [1.165, 1.54) is 0 Å². The summed E-state index contributed by atoms with van der Waals surface area (Å²) >= 11 is 0. The van der Waals surface area contributed by atoms with Gasteiger partial charge in [0.15, 0.2) is 0 Å². The molecule has 1 aliphatic rings. The minimum atomic E-state index is -3.38. The number of benzene rings is 1.